The molecule has 0 saturated heterocycles. The van der Waals surface area contributed by atoms with E-state index in [9.17, 15) is 0 Å². The SMILES string of the molecule is CC(C)(C)[Si](C)(C)OC1=C2CC[C@@H](O[Si](C)(C)C(C)(C)C)[C@H](C#C[C@@H](O[Si](C)(C)C(C)(C)C)C3CCCCC3)[C@H]2C1. The van der Waals surface area contributed by atoms with Crippen LogP contribution in [0.2, 0.25) is 54.4 Å². The fraction of sp³-hybridized carbons (Fsp3) is 0.886. The third-order valence-electron chi connectivity index (χ3n) is 11.9. The van der Waals surface area contributed by atoms with Crippen molar-refractivity contribution in [3.8, 4) is 11.8 Å². The van der Waals surface area contributed by atoms with Crippen LogP contribution in [0.15, 0.2) is 11.3 Å². The fourth-order valence-electron chi connectivity index (χ4n) is 5.74. The smallest absolute Gasteiger partial charge is 0.250 e. The lowest BCUT2D eigenvalue weighted by Crippen LogP contribution is -2.50. The maximum atomic E-state index is 7.18. The van der Waals surface area contributed by atoms with Gasteiger partial charge in [-0.15, -0.1) is 0 Å². The van der Waals surface area contributed by atoms with Crippen LogP contribution in [-0.2, 0) is 13.3 Å². The Morgan fingerprint density at radius 3 is 1.76 bits per heavy atom. The maximum Gasteiger partial charge on any atom is 0.250 e. The molecule has 3 aliphatic rings. The van der Waals surface area contributed by atoms with Crippen molar-refractivity contribution in [2.24, 2.45) is 17.8 Å². The van der Waals surface area contributed by atoms with E-state index < -0.39 is 25.0 Å². The lowest BCUT2D eigenvalue weighted by Gasteiger charge is -2.50. The van der Waals surface area contributed by atoms with Gasteiger partial charge in [-0.2, -0.15) is 0 Å². The number of allylic oxidation sites excluding steroid dienone is 2. The second-order valence-electron chi connectivity index (χ2n) is 18.1. The first-order valence-electron chi connectivity index (χ1n) is 16.7. The zero-order chi connectivity index (χ0) is 31.2. The fourth-order valence-corrected chi connectivity index (χ4v) is 9.49. The van der Waals surface area contributed by atoms with Crippen LogP contribution in [0.1, 0.15) is 114 Å². The quantitative estimate of drug-likeness (QED) is 0.210. The van der Waals surface area contributed by atoms with Crippen molar-refractivity contribution < 1.29 is 13.3 Å². The van der Waals surface area contributed by atoms with Crippen molar-refractivity contribution in [1.29, 1.82) is 0 Å². The molecule has 0 aliphatic heterocycles. The molecule has 2 saturated carbocycles. The molecule has 236 valence electrons. The summed E-state index contributed by atoms with van der Waals surface area (Å²) >= 11 is 0. The van der Waals surface area contributed by atoms with Gasteiger partial charge in [0.15, 0.2) is 16.6 Å². The van der Waals surface area contributed by atoms with Gasteiger partial charge in [0.1, 0.15) is 6.10 Å². The molecule has 0 bridgehead atoms. The van der Waals surface area contributed by atoms with Crippen LogP contribution in [0.5, 0.6) is 0 Å². The molecule has 0 N–H and O–H groups in total. The molecule has 3 rings (SSSR count). The van der Waals surface area contributed by atoms with Crippen LogP contribution >= 0.6 is 0 Å². The minimum atomic E-state index is -1.94. The summed E-state index contributed by atoms with van der Waals surface area (Å²) in [7, 11) is -5.72. The van der Waals surface area contributed by atoms with Crippen molar-refractivity contribution in [3.05, 3.63) is 11.3 Å². The van der Waals surface area contributed by atoms with E-state index in [1.54, 1.807) is 5.57 Å². The first kappa shape index (κ1) is 35.2. The van der Waals surface area contributed by atoms with E-state index in [4.69, 9.17) is 13.3 Å². The Hall–Kier alpha value is -0.329. The molecule has 0 aromatic heterocycles. The summed E-state index contributed by atoms with van der Waals surface area (Å²) < 4.78 is 21.2. The lowest BCUT2D eigenvalue weighted by molar-refractivity contribution is 0.0740. The summed E-state index contributed by atoms with van der Waals surface area (Å²) in [6.45, 7) is 35.5. The topological polar surface area (TPSA) is 27.7 Å². The Morgan fingerprint density at radius 2 is 1.24 bits per heavy atom. The van der Waals surface area contributed by atoms with E-state index in [1.165, 1.54) is 37.9 Å². The molecule has 2 fully saturated rings. The molecule has 0 spiro atoms. The predicted octanol–water partition coefficient (Wildman–Crippen LogP) is 11.1. The second kappa shape index (κ2) is 12.2. The zero-order valence-electron chi connectivity index (χ0n) is 29.8. The molecular formula is C35H66O3Si3. The van der Waals surface area contributed by atoms with Crippen LogP contribution in [0.4, 0.5) is 0 Å². The largest absolute Gasteiger partial charge is 0.547 e. The highest BCUT2D eigenvalue weighted by atomic mass is 28.4. The number of hydrogen-bond donors (Lipinski definition) is 0. The summed E-state index contributed by atoms with van der Waals surface area (Å²) in [5.41, 5.74) is 1.55. The van der Waals surface area contributed by atoms with Gasteiger partial charge in [0.25, 0.3) is 0 Å². The monoisotopic (exact) mass is 618 g/mol. The summed E-state index contributed by atoms with van der Waals surface area (Å²) in [5, 5.41) is 0.579. The molecule has 41 heavy (non-hydrogen) atoms. The normalized spacial score (nSPS) is 26.1. The van der Waals surface area contributed by atoms with E-state index >= 15 is 0 Å². The first-order chi connectivity index (χ1) is 18.5. The Kier molecular flexibility index (Phi) is 10.5. The molecule has 0 aromatic rings. The summed E-state index contributed by atoms with van der Waals surface area (Å²) in [6, 6.07) is 0. The van der Waals surface area contributed by atoms with Crippen LogP contribution in [0, 0.1) is 29.6 Å². The lowest BCUT2D eigenvalue weighted by atomic mass is 9.65. The minimum Gasteiger partial charge on any atom is -0.547 e. The highest BCUT2D eigenvalue weighted by molar-refractivity contribution is 6.75. The minimum absolute atomic E-state index is 0.0436. The average Bonchev–Trinajstić information content (AvgIpc) is 2.79. The van der Waals surface area contributed by atoms with Crippen molar-refractivity contribution in [2.45, 2.75) is 180 Å². The van der Waals surface area contributed by atoms with E-state index in [1.807, 2.05) is 0 Å². The van der Waals surface area contributed by atoms with Crippen LogP contribution in [-0.4, -0.2) is 37.2 Å². The molecule has 4 atom stereocenters. The number of fused-ring (bicyclic) bond motifs is 1. The predicted molar refractivity (Wildman–Crippen MR) is 185 cm³/mol. The van der Waals surface area contributed by atoms with Gasteiger partial charge in [-0.05, 0) is 91.6 Å². The second-order valence-corrected chi connectivity index (χ2v) is 32.3. The van der Waals surface area contributed by atoms with Crippen molar-refractivity contribution in [3.63, 3.8) is 0 Å². The van der Waals surface area contributed by atoms with E-state index in [0.29, 0.717) is 11.8 Å². The summed E-state index contributed by atoms with van der Waals surface area (Å²) in [4.78, 5) is 0. The van der Waals surface area contributed by atoms with E-state index in [2.05, 4.69) is 113 Å². The van der Waals surface area contributed by atoms with Crippen LogP contribution in [0.3, 0.4) is 0 Å². The van der Waals surface area contributed by atoms with Gasteiger partial charge in [-0.1, -0.05) is 93.4 Å². The Labute approximate surface area is 258 Å². The van der Waals surface area contributed by atoms with Crippen LogP contribution in [0.25, 0.3) is 0 Å². The van der Waals surface area contributed by atoms with Gasteiger partial charge >= 0.3 is 0 Å². The van der Waals surface area contributed by atoms with Gasteiger partial charge in [0, 0.05) is 12.3 Å². The molecule has 6 heteroatoms. The van der Waals surface area contributed by atoms with Crippen LogP contribution < -0.4 is 0 Å². The molecule has 0 aromatic carbocycles. The summed E-state index contributed by atoms with van der Waals surface area (Å²) in [5.74, 6) is 10.3. The molecule has 0 amide bonds. The van der Waals surface area contributed by atoms with Crippen molar-refractivity contribution in [2.75, 3.05) is 0 Å². The number of hydrogen-bond acceptors (Lipinski definition) is 3. The molecule has 0 radical (unpaired) electrons. The molecule has 0 heterocycles. The van der Waals surface area contributed by atoms with Gasteiger partial charge in [-0.3, -0.25) is 0 Å². The Morgan fingerprint density at radius 1 is 0.707 bits per heavy atom. The zero-order valence-corrected chi connectivity index (χ0v) is 32.8. The molecular weight excluding hydrogens is 553 g/mol. The van der Waals surface area contributed by atoms with E-state index in [0.717, 1.165) is 19.3 Å². The third kappa shape index (κ3) is 8.04. The van der Waals surface area contributed by atoms with Crippen molar-refractivity contribution >= 4 is 25.0 Å². The molecule has 3 nitrogen and oxygen atoms in total. The standard InChI is InChI=1S/C35H66O3Si3/c1-33(2,3)39(10,11)36-30(26-19-17-16-18-20-26)23-21-27-29-25-32(38-41(14,15)35(7,8)9)28(29)22-24-31(27)37-40(12,13)34(4,5)6/h26-27,29-31H,16-20,22,24-25H2,1-15H3/t27-,29-,30-,31-/m1/s1. The highest BCUT2D eigenvalue weighted by Gasteiger charge is 2.50. The molecule has 0 unspecified atom stereocenters. The average molecular weight is 619 g/mol. The van der Waals surface area contributed by atoms with E-state index in [-0.39, 0.29) is 33.2 Å². The van der Waals surface area contributed by atoms with Crippen molar-refractivity contribution in [1.82, 2.24) is 0 Å². The van der Waals surface area contributed by atoms with Gasteiger partial charge in [-0.25, -0.2) is 0 Å². The van der Waals surface area contributed by atoms with Gasteiger partial charge in [0.2, 0.25) is 8.32 Å². The number of rotatable bonds is 7. The molecule has 3 aliphatic carbocycles. The Balaban J connectivity index is 1.97. The Bertz CT molecular complexity index is 1000. The summed E-state index contributed by atoms with van der Waals surface area (Å²) in [6.07, 6.45) is 9.90. The maximum absolute atomic E-state index is 7.18. The van der Waals surface area contributed by atoms with Gasteiger partial charge in [0.05, 0.1) is 17.8 Å². The highest BCUT2D eigenvalue weighted by Crippen LogP contribution is 2.53. The van der Waals surface area contributed by atoms with Gasteiger partial charge < -0.3 is 13.3 Å². The third-order valence-corrected chi connectivity index (χ3v) is 25.2. The first-order valence-corrected chi connectivity index (χ1v) is 25.5.